The summed E-state index contributed by atoms with van der Waals surface area (Å²) < 4.78 is 0. The fourth-order valence-corrected chi connectivity index (χ4v) is 0.817. The molecule has 0 heterocycles. The van der Waals surface area contributed by atoms with Crippen molar-refractivity contribution in [2.24, 2.45) is 11.7 Å². The Balaban J connectivity index is 3.98. The van der Waals surface area contributed by atoms with Crippen molar-refractivity contribution in [3.05, 3.63) is 12.7 Å². The second-order valence-corrected chi connectivity index (χ2v) is 3.45. The molecule has 0 aromatic heterocycles. The minimum Gasteiger partial charge on any atom is -0.329 e. The summed E-state index contributed by atoms with van der Waals surface area (Å²) in [6, 6.07) is 0. The minimum atomic E-state index is 0.0498. The predicted octanol–water partition coefficient (Wildman–Crippen LogP) is 1.14. The van der Waals surface area contributed by atoms with Crippen LogP contribution in [0.15, 0.2) is 12.7 Å². The number of hydrogen-bond acceptors (Lipinski definition) is 2. The maximum absolute atomic E-state index is 5.65. The Hall–Kier alpha value is -0.340. The van der Waals surface area contributed by atoms with Crippen molar-refractivity contribution in [1.82, 2.24) is 5.32 Å². The lowest BCUT2D eigenvalue weighted by Gasteiger charge is -2.33. The Labute approximate surface area is 69.9 Å². The molecule has 11 heavy (non-hydrogen) atoms. The summed E-state index contributed by atoms with van der Waals surface area (Å²) in [6.07, 6.45) is 1.86. The van der Waals surface area contributed by atoms with Crippen molar-refractivity contribution < 1.29 is 0 Å². The second-order valence-electron chi connectivity index (χ2n) is 3.45. The third kappa shape index (κ3) is 3.04. The molecule has 2 heteroatoms. The molecule has 0 radical (unpaired) electrons. The van der Waals surface area contributed by atoms with Crippen LogP contribution in [0.5, 0.6) is 0 Å². The van der Waals surface area contributed by atoms with E-state index in [1.165, 1.54) is 0 Å². The lowest BCUT2D eigenvalue weighted by Crippen LogP contribution is -2.52. The zero-order valence-corrected chi connectivity index (χ0v) is 7.85. The fourth-order valence-electron chi connectivity index (χ4n) is 0.817. The van der Waals surface area contributed by atoms with Gasteiger partial charge in [0.1, 0.15) is 0 Å². The van der Waals surface area contributed by atoms with Crippen LogP contribution in [-0.4, -0.2) is 18.6 Å². The van der Waals surface area contributed by atoms with E-state index in [1.54, 1.807) is 0 Å². The molecule has 0 aliphatic carbocycles. The largest absolute Gasteiger partial charge is 0.329 e. The molecule has 3 N–H and O–H groups in total. The standard InChI is InChI=1S/C9H20N2/c1-5-6-11-9(4,7-10)8(2)3/h5,8,11H,1,6-7,10H2,2-4H3. The van der Waals surface area contributed by atoms with Crippen LogP contribution in [0, 0.1) is 5.92 Å². The third-order valence-electron chi connectivity index (χ3n) is 2.35. The molecule has 0 aliphatic rings. The highest BCUT2D eigenvalue weighted by atomic mass is 15.0. The summed E-state index contributed by atoms with van der Waals surface area (Å²) >= 11 is 0. The summed E-state index contributed by atoms with van der Waals surface area (Å²) in [5, 5.41) is 3.35. The van der Waals surface area contributed by atoms with Crippen molar-refractivity contribution in [2.75, 3.05) is 13.1 Å². The van der Waals surface area contributed by atoms with Crippen LogP contribution in [0.25, 0.3) is 0 Å². The molecule has 2 nitrogen and oxygen atoms in total. The molecule has 66 valence electrons. The van der Waals surface area contributed by atoms with Crippen molar-refractivity contribution in [3.63, 3.8) is 0 Å². The Kier molecular flexibility index (Phi) is 4.38. The highest BCUT2D eigenvalue weighted by molar-refractivity contribution is 4.89. The first-order valence-electron chi connectivity index (χ1n) is 4.13. The fraction of sp³-hybridized carbons (Fsp3) is 0.778. The van der Waals surface area contributed by atoms with E-state index in [4.69, 9.17) is 5.73 Å². The van der Waals surface area contributed by atoms with Crippen molar-refractivity contribution in [1.29, 1.82) is 0 Å². The van der Waals surface area contributed by atoms with Gasteiger partial charge in [0.05, 0.1) is 0 Å². The third-order valence-corrected chi connectivity index (χ3v) is 2.35. The zero-order valence-electron chi connectivity index (χ0n) is 7.85. The van der Waals surface area contributed by atoms with Gasteiger partial charge in [-0.25, -0.2) is 0 Å². The molecule has 0 bridgehead atoms. The van der Waals surface area contributed by atoms with Gasteiger partial charge in [0, 0.05) is 18.6 Å². The highest BCUT2D eigenvalue weighted by Crippen LogP contribution is 2.13. The summed E-state index contributed by atoms with van der Waals surface area (Å²) in [5.41, 5.74) is 5.70. The smallest absolute Gasteiger partial charge is 0.0301 e. The predicted molar refractivity (Wildman–Crippen MR) is 50.5 cm³/mol. The SMILES string of the molecule is C=CCNC(C)(CN)C(C)C. The van der Waals surface area contributed by atoms with E-state index in [9.17, 15) is 0 Å². The van der Waals surface area contributed by atoms with Crippen molar-refractivity contribution >= 4 is 0 Å². The van der Waals surface area contributed by atoms with E-state index in [0.717, 1.165) is 6.54 Å². The number of nitrogens with two attached hydrogens (primary N) is 1. The highest BCUT2D eigenvalue weighted by Gasteiger charge is 2.24. The van der Waals surface area contributed by atoms with Gasteiger partial charge in [0.25, 0.3) is 0 Å². The second kappa shape index (κ2) is 4.52. The summed E-state index contributed by atoms with van der Waals surface area (Å²) in [7, 11) is 0. The molecule has 0 spiro atoms. The first-order valence-corrected chi connectivity index (χ1v) is 4.13. The van der Waals surface area contributed by atoms with Gasteiger partial charge in [-0.05, 0) is 12.8 Å². The molecule has 1 atom stereocenters. The molecular formula is C9H20N2. The average molecular weight is 156 g/mol. The molecule has 0 aromatic rings. The molecular weight excluding hydrogens is 136 g/mol. The van der Waals surface area contributed by atoms with Crippen LogP contribution in [0.4, 0.5) is 0 Å². The molecule has 0 saturated heterocycles. The zero-order chi connectivity index (χ0) is 8.91. The van der Waals surface area contributed by atoms with Crippen LogP contribution >= 0.6 is 0 Å². The topological polar surface area (TPSA) is 38.0 Å². The molecule has 0 saturated carbocycles. The van der Waals surface area contributed by atoms with Crippen LogP contribution < -0.4 is 11.1 Å². The van der Waals surface area contributed by atoms with Gasteiger partial charge in [-0.15, -0.1) is 6.58 Å². The Morgan fingerprint density at radius 1 is 1.64 bits per heavy atom. The molecule has 0 fully saturated rings. The van der Waals surface area contributed by atoms with E-state index < -0.39 is 0 Å². The van der Waals surface area contributed by atoms with Gasteiger partial charge < -0.3 is 11.1 Å². The van der Waals surface area contributed by atoms with Crippen LogP contribution in [0.2, 0.25) is 0 Å². The molecule has 1 unspecified atom stereocenters. The monoisotopic (exact) mass is 156 g/mol. The molecule has 0 rings (SSSR count). The van der Waals surface area contributed by atoms with Crippen LogP contribution in [0.3, 0.4) is 0 Å². The van der Waals surface area contributed by atoms with Crippen LogP contribution in [0.1, 0.15) is 20.8 Å². The summed E-state index contributed by atoms with van der Waals surface area (Å²) in [5.74, 6) is 0.549. The number of nitrogens with one attached hydrogen (secondary N) is 1. The first-order chi connectivity index (χ1) is 5.06. The molecule has 0 aromatic carbocycles. The number of hydrogen-bond donors (Lipinski definition) is 2. The maximum atomic E-state index is 5.65. The van der Waals surface area contributed by atoms with Gasteiger partial charge in [-0.3, -0.25) is 0 Å². The van der Waals surface area contributed by atoms with Crippen molar-refractivity contribution in [2.45, 2.75) is 26.3 Å². The Morgan fingerprint density at radius 2 is 2.18 bits per heavy atom. The molecule has 0 aliphatic heterocycles. The van der Waals surface area contributed by atoms with Gasteiger partial charge >= 0.3 is 0 Å². The number of rotatable bonds is 5. The van der Waals surface area contributed by atoms with E-state index in [1.807, 2.05) is 6.08 Å². The van der Waals surface area contributed by atoms with Crippen LogP contribution in [-0.2, 0) is 0 Å². The summed E-state index contributed by atoms with van der Waals surface area (Å²) in [4.78, 5) is 0. The van der Waals surface area contributed by atoms with E-state index >= 15 is 0 Å². The van der Waals surface area contributed by atoms with E-state index in [0.29, 0.717) is 12.5 Å². The lowest BCUT2D eigenvalue weighted by atomic mass is 9.88. The quantitative estimate of drug-likeness (QED) is 0.586. The maximum Gasteiger partial charge on any atom is 0.0301 e. The average Bonchev–Trinajstić information content (AvgIpc) is 2.00. The van der Waals surface area contributed by atoms with Gasteiger partial charge in [-0.1, -0.05) is 19.9 Å². The Bertz CT molecular complexity index is 121. The lowest BCUT2D eigenvalue weighted by molar-refractivity contribution is 0.280. The van der Waals surface area contributed by atoms with Gasteiger partial charge in [-0.2, -0.15) is 0 Å². The molecule has 0 amide bonds. The minimum absolute atomic E-state index is 0.0498. The summed E-state index contributed by atoms with van der Waals surface area (Å²) in [6.45, 7) is 11.6. The van der Waals surface area contributed by atoms with E-state index in [-0.39, 0.29) is 5.54 Å². The van der Waals surface area contributed by atoms with Gasteiger partial charge in [0.15, 0.2) is 0 Å². The first kappa shape index (κ1) is 10.7. The van der Waals surface area contributed by atoms with E-state index in [2.05, 4.69) is 32.7 Å². The van der Waals surface area contributed by atoms with Gasteiger partial charge in [0.2, 0.25) is 0 Å². The normalized spacial score (nSPS) is 16.5. The Morgan fingerprint density at radius 3 is 2.45 bits per heavy atom. The van der Waals surface area contributed by atoms with Crippen molar-refractivity contribution in [3.8, 4) is 0 Å².